The Morgan fingerprint density at radius 2 is 0.522 bits per heavy atom. The van der Waals surface area contributed by atoms with Gasteiger partial charge in [-0.15, -0.1) is 0 Å². The van der Waals surface area contributed by atoms with Crippen LogP contribution in [-0.4, -0.2) is 9.13 Å². The SMILES string of the molecule is c1ccc(-c2cc(-c3cc(-c4ccccc4)n(-c4ccccc4)c3-c3ccccc3)c(-c3ccccc3)n2-c2ccccc2)cc1. The lowest BCUT2D eigenvalue weighted by atomic mass is 9.97. The van der Waals surface area contributed by atoms with E-state index in [9.17, 15) is 0 Å². The van der Waals surface area contributed by atoms with Crippen molar-refractivity contribution in [3.8, 4) is 67.5 Å². The molecular formula is C44H32N2. The predicted molar refractivity (Wildman–Crippen MR) is 192 cm³/mol. The molecule has 0 aliphatic rings. The molecule has 8 rings (SSSR count). The van der Waals surface area contributed by atoms with Crippen LogP contribution in [0.25, 0.3) is 67.5 Å². The van der Waals surface area contributed by atoms with Crippen molar-refractivity contribution in [2.75, 3.05) is 0 Å². The minimum Gasteiger partial charge on any atom is -0.309 e. The normalized spacial score (nSPS) is 11.0. The van der Waals surface area contributed by atoms with Gasteiger partial charge in [-0.3, -0.25) is 0 Å². The summed E-state index contributed by atoms with van der Waals surface area (Å²) in [4.78, 5) is 0. The average Bonchev–Trinajstić information content (AvgIpc) is 3.74. The van der Waals surface area contributed by atoms with Gasteiger partial charge in [-0.05, 0) is 58.7 Å². The number of hydrogen-bond donors (Lipinski definition) is 0. The van der Waals surface area contributed by atoms with Crippen LogP contribution in [-0.2, 0) is 0 Å². The van der Waals surface area contributed by atoms with E-state index in [4.69, 9.17) is 0 Å². The van der Waals surface area contributed by atoms with Crippen molar-refractivity contribution < 1.29 is 0 Å². The van der Waals surface area contributed by atoms with Gasteiger partial charge in [0.2, 0.25) is 0 Å². The van der Waals surface area contributed by atoms with Crippen LogP contribution < -0.4 is 0 Å². The third-order valence-electron chi connectivity index (χ3n) is 8.55. The van der Waals surface area contributed by atoms with Crippen LogP contribution in [0, 0.1) is 0 Å². The molecule has 0 aliphatic carbocycles. The Morgan fingerprint density at radius 3 is 0.826 bits per heavy atom. The van der Waals surface area contributed by atoms with E-state index >= 15 is 0 Å². The fourth-order valence-corrected chi connectivity index (χ4v) is 6.53. The first-order valence-electron chi connectivity index (χ1n) is 15.7. The third-order valence-corrected chi connectivity index (χ3v) is 8.55. The van der Waals surface area contributed by atoms with E-state index in [1.165, 1.54) is 22.3 Å². The Bertz CT molecular complexity index is 2030. The maximum Gasteiger partial charge on any atom is 0.0614 e. The van der Waals surface area contributed by atoms with Gasteiger partial charge in [0, 0.05) is 22.5 Å². The Labute approximate surface area is 270 Å². The van der Waals surface area contributed by atoms with Crippen LogP contribution in [0.2, 0.25) is 0 Å². The molecule has 2 heterocycles. The van der Waals surface area contributed by atoms with Gasteiger partial charge in [0.25, 0.3) is 0 Å². The Balaban J connectivity index is 1.54. The van der Waals surface area contributed by atoms with E-state index in [0.29, 0.717) is 0 Å². The van der Waals surface area contributed by atoms with Gasteiger partial charge in [0.15, 0.2) is 0 Å². The average molecular weight is 589 g/mol. The first-order chi connectivity index (χ1) is 22.9. The zero-order valence-corrected chi connectivity index (χ0v) is 25.4. The maximum atomic E-state index is 2.43. The van der Waals surface area contributed by atoms with E-state index in [1.54, 1.807) is 0 Å². The molecule has 0 radical (unpaired) electrons. The van der Waals surface area contributed by atoms with Crippen LogP contribution in [0.15, 0.2) is 194 Å². The largest absolute Gasteiger partial charge is 0.309 e. The lowest BCUT2D eigenvalue weighted by molar-refractivity contribution is 1.09. The second-order valence-corrected chi connectivity index (χ2v) is 11.4. The summed E-state index contributed by atoms with van der Waals surface area (Å²) >= 11 is 0. The highest BCUT2D eigenvalue weighted by Crippen LogP contribution is 2.47. The van der Waals surface area contributed by atoms with Crippen LogP contribution in [0.4, 0.5) is 0 Å². The molecule has 0 amide bonds. The van der Waals surface area contributed by atoms with Crippen LogP contribution in [0.3, 0.4) is 0 Å². The zero-order valence-electron chi connectivity index (χ0n) is 25.4. The van der Waals surface area contributed by atoms with Gasteiger partial charge in [-0.2, -0.15) is 0 Å². The topological polar surface area (TPSA) is 9.86 Å². The number of hydrogen-bond acceptors (Lipinski definition) is 0. The zero-order chi connectivity index (χ0) is 30.7. The first kappa shape index (κ1) is 27.4. The van der Waals surface area contributed by atoms with E-state index in [2.05, 4.69) is 203 Å². The molecule has 0 N–H and O–H groups in total. The molecule has 8 aromatic rings. The third kappa shape index (κ3) is 4.96. The molecule has 2 heteroatoms. The molecule has 2 aromatic heterocycles. The molecule has 0 unspecified atom stereocenters. The van der Waals surface area contributed by atoms with Gasteiger partial charge in [-0.1, -0.05) is 158 Å². The smallest absolute Gasteiger partial charge is 0.0614 e. The molecule has 0 spiro atoms. The van der Waals surface area contributed by atoms with E-state index < -0.39 is 0 Å². The van der Waals surface area contributed by atoms with Gasteiger partial charge in [0.1, 0.15) is 0 Å². The Morgan fingerprint density at radius 1 is 0.261 bits per heavy atom. The summed E-state index contributed by atoms with van der Waals surface area (Å²) in [6.45, 7) is 0. The summed E-state index contributed by atoms with van der Waals surface area (Å²) in [5, 5.41) is 0. The number of para-hydroxylation sites is 2. The van der Waals surface area contributed by atoms with Crippen LogP contribution >= 0.6 is 0 Å². The number of nitrogens with zero attached hydrogens (tertiary/aromatic N) is 2. The fourth-order valence-electron chi connectivity index (χ4n) is 6.53. The maximum absolute atomic E-state index is 2.43. The minimum absolute atomic E-state index is 1.12. The van der Waals surface area contributed by atoms with Crippen molar-refractivity contribution in [2.45, 2.75) is 0 Å². The minimum atomic E-state index is 1.12. The quantitative estimate of drug-likeness (QED) is 0.175. The van der Waals surface area contributed by atoms with Gasteiger partial charge in [-0.25, -0.2) is 0 Å². The Kier molecular flexibility index (Phi) is 7.22. The van der Waals surface area contributed by atoms with Crippen molar-refractivity contribution in [1.29, 1.82) is 0 Å². The summed E-state index contributed by atoms with van der Waals surface area (Å²) in [6.07, 6.45) is 0. The monoisotopic (exact) mass is 588 g/mol. The van der Waals surface area contributed by atoms with E-state index in [-0.39, 0.29) is 0 Å². The summed E-state index contributed by atoms with van der Waals surface area (Å²) in [5.41, 5.74) is 13.9. The highest BCUT2D eigenvalue weighted by atomic mass is 15.0. The molecule has 0 saturated heterocycles. The number of benzene rings is 6. The summed E-state index contributed by atoms with van der Waals surface area (Å²) in [7, 11) is 0. The highest BCUT2D eigenvalue weighted by Gasteiger charge is 2.27. The van der Waals surface area contributed by atoms with Crippen LogP contribution in [0.1, 0.15) is 0 Å². The van der Waals surface area contributed by atoms with Gasteiger partial charge in [0.05, 0.1) is 22.8 Å². The van der Waals surface area contributed by atoms with Crippen molar-refractivity contribution >= 4 is 0 Å². The molecule has 46 heavy (non-hydrogen) atoms. The lowest BCUT2D eigenvalue weighted by Crippen LogP contribution is -2.01. The van der Waals surface area contributed by atoms with Crippen LogP contribution in [0.5, 0.6) is 0 Å². The molecule has 6 aromatic carbocycles. The van der Waals surface area contributed by atoms with Crippen molar-refractivity contribution in [2.24, 2.45) is 0 Å². The van der Waals surface area contributed by atoms with E-state index in [1.807, 2.05) is 0 Å². The van der Waals surface area contributed by atoms with Gasteiger partial charge < -0.3 is 9.13 Å². The second-order valence-electron chi connectivity index (χ2n) is 11.4. The number of rotatable bonds is 7. The van der Waals surface area contributed by atoms with Crippen molar-refractivity contribution in [3.05, 3.63) is 194 Å². The molecule has 0 aliphatic heterocycles. The predicted octanol–water partition coefficient (Wildman–Crippen LogP) is 11.6. The highest BCUT2D eigenvalue weighted by molar-refractivity contribution is 5.97. The molecule has 218 valence electrons. The molecular weight excluding hydrogens is 556 g/mol. The van der Waals surface area contributed by atoms with E-state index in [0.717, 1.165) is 45.3 Å². The first-order valence-corrected chi connectivity index (χ1v) is 15.7. The molecule has 0 bridgehead atoms. The van der Waals surface area contributed by atoms with Crippen molar-refractivity contribution in [1.82, 2.24) is 9.13 Å². The summed E-state index contributed by atoms with van der Waals surface area (Å²) in [5.74, 6) is 0. The fraction of sp³-hybridized carbons (Fsp3) is 0. The van der Waals surface area contributed by atoms with Crippen molar-refractivity contribution in [3.63, 3.8) is 0 Å². The molecule has 0 fully saturated rings. The molecule has 2 nitrogen and oxygen atoms in total. The number of aromatic nitrogens is 2. The molecule has 0 atom stereocenters. The summed E-state index contributed by atoms with van der Waals surface area (Å²) in [6, 6.07) is 69.3. The summed E-state index contributed by atoms with van der Waals surface area (Å²) < 4.78 is 4.85. The Hall–Kier alpha value is -6.12. The molecule has 0 saturated carbocycles. The lowest BCUT2D eigenvalue weighted by Gasteiger charge is -2.17. The standard InChI is InChI=1S/C44H32N2/c1-7-19-33(20-8-1)41-31-39(43(35-23-11-3-12-24-35)45(41)37-27-15-5-16-28-37)40-32-42(34-21-9-2-10-22-34)46(38-29-17-6-18-30-38)44(40)36-25-13-4-14-26-36/h1-32H. The van der Waals surface area contributed by atoms with Gasteiger partial charge >= 0.3 is 0 Å². The second kappa shape index (κ2) is 12.1.